The molecule has 0 aliphatic heterocycles. The van der Waals surface area contributed by atoms with Crippen LogP contribution in [-0.2, 0) is 16.2 Å². The average molecular weight is 730 g/mol. The van der Waals surface area contributed by atoms with Gasteiger partial charge in [-0.05, 0) is 98.3 Å². The Labute approximate surface area is 329 Å². The molecule has 0 spiro atoms. The van der Waals surface area contributed by atoms with Gasteiger partial charge in [-0.25, -0.2) is 0 Å². The first-order valence-electron chi connectivity index (χ1n) is 19.8. The highest BCUT2D eigenvalue weighted by molar-refractivity contribution is 6.17. The van der Waals surface area contributed by atoms with Crippen LogP contribution in [0.15, 0.2) is 148 Å². The summed E-state index contributed by atoms with van der Waals surface area (Å²) in [4.78, 5) is 2.41. The van der Waals surface area contributed by atoms with Gasteiger partial charge in [0, 0.05) is 44.6 Å². The first-order valence-corrected chi connectivity index (χ1v) is 19.8. The van der Waals surface area contributed by atoms with Gasteiger partial charge in [-0.2, -0.15) is 0 Å². The molecule has 0 radical (unpaired) electrons. The van der Waals surface area contributed by atoms with E-state index in [0.717, 1.165) is 66.7 Å². The maximum Gasteiger partial charge on any atom is 0.145 e. The fraction of sp³-hybridized carbons (Fsp3) is 0.208. The van der Waals surface area contributed by atoms with Crippen LogP contribution in [0.1, 0.15) is 77.6 Å². The van der Waals surface area contributed by atoms with Gasteiger partial charge in [-0.15, -0.1) is 0 Å². The van der Waals surface area contributed by atoms with Crippen molar-refractivity contribution >= 4 is 60.9 Å². The van der Waals surface area contributed by atoms with Crippen LogP contribution >= 0.6 is 0 Å². The summed E-state index contributed by atoms with van der Waals surface area (Å²) in [6, 6.07) is 50.8. The number of hydrogen-bond acceptors (Lipinski definition) is 3. The van der Waals surface area contributed by atoms with E-state index in [-0.39, 0.29) is 16.2 Å². The van der Waals surface area contributed by atoms with Crippen LogP contribution in [0.2, 0.25) is 0 Å². The van der Waals surface area contributed by atoms with Gasteiger partial charge in [0.1, 0.15) is 22.3 Å². The minimum atomic E-state index is -0.154. The molecule has 2 aromatic heterocycles. The number of hydrogen-bond donors (Lipinski definition) is 0. The Bertz CT molecular complexity index is 3020. The molecule has 9 aromatic rings. The molecule has 0 bridgehead atoms. The second-order valence-corrected chi connectivity index (χ2v) is 18.2. The van der Waals surface area contributed by atoms with Crippen LogP contribution < -0.4 is 4.90 Å². The van der Waals surface area contributed by atoms with E-state index in [1.165, 1.54) is 38.8 Å². The maximum absolute atomic E-state index is 6.91. The molecule has 1 aliphatic rings. The van der Waals surface area contributed by atoms with Gasteiger partial charge in [0.2, 0.25) is 0 Å². The first-order chi connectivity index (χ1) is 26.8. The second kappa shape index (κ2) is 12.0. The SMILES string of the molecule is CC(C)(C)c1cc(C(C)(C)C)c2c(c1)oc1cc(N(c3ccc4c(c3)C(C)(C)c3ccccc3-4)c3ccc(-c4ccccc4)c4oc5ccccc5c34)ccc12. The van der Waals surface area contributed by atoms with Gasteiger partial charge in [-0.1, -0.05) is 140 Å². The number of anilines is 3. The molecule has 0 unspecified atom stereocenters. The number of fused-ring (bicyclic) bond motifs is 9. The van der Waals surface area contributed by atoms with Gasteiger partial charge in [-0.3, -0.25) is 0 Å². The summed E-state index contributed by atoms with van der Waals surface area (Å²) in [5, 5.41) is 4.51. The molecular formula is C53H47NO2. The summed E-state index contributed by atoms with van der Waals surface area (Å²) < 4.78 is 13.7. The highest BCUT2D eigenvalue weighted by Gasteiger charge is 2.36. The smallest absolute Gasteiger partial charge is 0.145 e. The number of nitrogens with zero attached hydrogens (tertiary/aromatic N) is 1. The first kappa shape index (κ1) is 34.4. The van der Waals surface area contributed by atoms with E-state index in [4.69, 9.17) is 8.83 Å². The normalized spacial score (nSPS) is 13.9. The highest BCUT2D eigenvalue weighted by atomic mass is 16.3. The average Bonchev–Trinajstić information content (AvgIpc) is 3.82. The summed E-state index contributed by atoms with van der Waals surface area (Å²) in [6.45, 7) is 18.4. The van der Waals surface area contributed by atoms with E-state index >= 15 is 0 Å². The number of benzene rings is 7. The Morgan fingerprint density at radius 1 is 0.482 bits per heavy atom. The largest absolute Gasteiger partial charge is 0.456 e. The van der Waals surface area contributed by atoms with Gasteiger partial charge in [0.15, 0.2) is 0 Å². The lowest BCUT2D eigenvalue weighted by molar-refractivity contribution is 0.569. The Kier molecular flexibility index (Phi) is 7.36. The lowest BCUT2D eigenvalue weighted by Gasteiger charge is -2.29. The summed E-state index contributed by atoms with van der Waals surface area (Å²) in [7, 11) is 0. The number of furan rings is 2. The quantitative estimate of drug-likeness (QED) is 0.181. The van der Waals surface area contributed by atoms with Crippen molar-refractivity contribution < 1.29 is 8.83 Å². The maximum atomic E-state index is 6.91. The molecule has 1 aliphatic carbocycles. The third-order valence-corrected chi connectivity index (χ3v) is 12.1. The van der Waals surface area contributed by atoms with E-state index in [1.54, 1.807) is 0 Å². The van der Waals surface area contributed by atoms with Crippen LogP contribution in [0.4, 0.5) is 17.1 Å². The zero-order valence-corrected chi connectivity index (χ0v) is 33.5. The van der Waals surface area contributed by atoms with Crippen molar-refractivity contribution in [3.63, 3.8) is 0 Å². The molecule has 0 saturated carbocycles. The second-order valence-electron chi connectivity index (χ2n) is 18.2. The fourth-order valence-electron chi connectivity index (χ4n) is 9.16. The van der Waals surface area contributed by atoms with E-state index in [2.05, 4.69) is 200 Å². The molecule has 276 valence electrons. The van der Waals surface area contributed by atoms with Crippen molar-refractivity contribution in [2.75, 3.05) is 4.90 Å². The lowest BCUT2D eigenvalue weighted by Crippen LogP contribution is -2.16. The monoisotopic (exact) mass is 729 g/mol. The summed E-state index contributed by atoms with van der Waals surface area (Å²) >= 11 is 0. The van der Waals surface area contributed by atoms with Crippen molar-refractivity contribution in [1.29, 1.82) is 0 Å². The molecule has 0 amide bonds. The molecular weight excluding hydrogens is 683 g/mol. The van der Waals surface area contributed by atoms with E-state index in [1.807, 2.05) is 0 Å². The van der Waals surface area contributed by atoms with E-state index in [9.17, 15) is 0 Å². The molecule has 0 fully saturated rings. The molecule has 2 heterocycles. The predicted octanol–water partition coefficient (Wildman–Crippen LogP) is 15.5. The number of para-hydroxylation sites is 1. The minimum Gasteiger partial charge on any atom is -0.456 e. The van der Waals surface area contributed by atoms with Crippen molar-refractivity contribution in [2.24, 2.45) is 0 Å². The molecule has 0 atom stereocenters. The van der Waals surface area contributed by atoms with Crippen LogP contribution in [0, 0.1) is 0 Å². The lowest BCUT2D eigenvalue weighted by atomic mass is 9.79. The summed E-state index contributed by atoms with van der Waals surface area (Å²) in [6.07, 6.45) is 0. The Morgan fingerprint density at radius 3 is 1.93 bits per heavy atom. The standard InChI is InChI=1S/C53H47NO2/c1-51(2,3)33-28-43(52(4,5)6)48-40-25-23-35(31-46(40)55-47(48)29-33)54(34-22-24-38-37-18-12-14-20-41(37)53(7,8)42(38)30-34)44-27-26-36(32-16-10-9-11-17-32)50-49(44)39-19-13-15-21-45(39)56-50/h9-31H,1-8H3. The molecule has 3 heteroatoms. The van der Waals surface area contributed by atoms with Crippen LogP contribution in [0.3, 0.4) is 0 Å². The van der Waals surface area contributed by atoms with E-state index < -0.39 is 0 Å². The zero-order valence-electron chi connectivity index (χ0n) is 33.5. The van der Waals surface area contributed by atoms with Crippen LogP contribution in [-0.4, -0.2) is 0 Å². The molecule has 0 N–H and O–H groups in total. The van der Waals surface area contributed by atoms with Crippen molar-refractivity contribution in [2.45, 2.75) is 71.6 Å². The fourth-order valence-corrected chi connectivity index (χ4v) is 9.16. The van der Waals surface area contributed by atoms with Crippen molar-refractivity contribution in [3.8, 4) is 22.3 Å². The predicted molar refractivity (Wildman–Crippen MR) is 236 cm³/mol. The number of rotatable bonds is 4. The third kappa shape index (κ3) is 5.17. The Balaban J connectivity index is 1.26. The molecule has 0 saturated heterocycles. The van der Waals surface area contributed by atoms with Crippen LogP contribution in [0.25, 0.3) is 66.1 Å². The van der Waals surface area contributed by atoms with E-state index in [0.29, 0.717) is 0 Å². The molecule has 3 nitrogen and oxygen atoms in total. The third-order valence-electron chi connectivity index (χ3n) is 12.1. The topological polar surface area (TPSA) is 29.5 Å². The van der Waals surface area contributed by atoms with Crippen molar-refractivity contribution in [3.05, 3.63) is 162 Å². The minimum absolute atomic E-state index is 0.0131. The molecule has 10 rings (SSSR count). The van der Waals surface area contributed by atoms with Crippen molar-refractivity contribution in [1.82, 2.24) is 0 Å². The Hall–Kier alpha value is -6.06. The van der Waals surface area contributed by atoms with Crippen LogP contribution in [0.5, 0.6) is 0 Å². The van der Waals surface area contributed by atoms with Gasteiger partial charge in [0.05, 0.1) is 11.1 Å². The van der Waals surface area contributed by atoms with Gasteiger partial charge in [0.25, 0.3) is 0 Å². The summed E-state index contributed by atoms with van der Waals surface area (Å²) in [5.41, 5.74) is 16.6. The van der Waals surface area contributed by atoms with Gasteiger partial charge < -0.3 is 13.7 Å². The highest BCUT2D eigenvalue weighted by Crippen LogP contribution is 2.52. The Morgan fingerprint density at radius 2 is 1.14 bits per heavy atom. The summed E-state index contributed by atoms with van der Waals surface area (Å²) in [5.74, 6) is 0. The van der Waals surface area contributed by atoms with Gasteiger partial charge >= 0.3 is 0 Å². The molecule has 56 heavy (non-hydrogen) atoms. The molecule has 7 aromatic carbocycles. The zero-order chi connectivity index (χ0) is 38.7.